The molecule has 0 radical (unpaired) electrons. The van der Waals surface area contributed by atoms with E-state index >= 15 is 0 Å². The number of carboxylic acid groups (broad SMARTS) is 2. The molecule has 6 N–H and O–H groups in total. The molecule has 0 atom stereocenters. The fourth-order valence-electron chi connectivity index (χ4n) is 9.39. The minimum absolute atomic E-state index is 0.0813. The molecule has 0 saturated heterocycles. The number of rotatable bonds is 20. The summed E-state index contributed by atoms with van der Waals surface area (Å²) in [5.74, 6) is -6.44. The van der Waals surface area contributed by atoms with E-state index in [0.29, 0.717) is 49.0 Å². The number of nitrogens with one attached hydrogen (secondary N) is 2. The summed E-state index contributed by atoms with van der Waals surface area (Å²) in [4.78, 5) is 126. The molecule has 9 aromatic rings. The number of benzene rings is 5. The first-order valence-electron chi connectivity index (χ1n) is 30.2. The molecular formula is C70H83N9O16. The highest BCUT2D eigenvalue weighted by atomic mass is 16.5. The van der Waals surface area contributed by atoms with E-state index in [1.54, 1.807) is 71.9 Å². The number of ether oxygens (including phenoxy) is 3. The van der Waals surface area contributed by atoms with Crippen LogP contribution in [-0.2, 0) is 75.3 Å². The number of aryl methyl sites for hydroxylation is 2. The van der Waals surface area contributed by atoms with Gasteiger partial charge in [0.05, 0.1) is 57.4 Å². The molecule has 0 fully saturated rings. The maximum absolute atomic E-state index is 12.4. The highest BCUT2D eigenvalue weighted by Crippen LogP contribution is 2.12. The third-order valence-electron chi connectivity index (χ3n) is 14.3. The van der Waals surface area contributed by atoms with E-state index in [-0.39, 0.29) is 53.2 Å². The van der Waals surface area contributed by atoms with Crippen LogP contribution < -0.4 is 28.0 Å². The largest absolute Gasteiger partial charge is 0.477 e. The number of aromatic nitrogens is 8. The van der Waals surface area contributed by atoms with Gasteiger partial charge in [0.15, 0.2) is 17.5 Å². The number of aromatic carboxylic acids is 2. The van der Waals surface area contributed by atoms with Crippen molar-refractivity contribution in [3.63, 3.8) is 0 Å². The van der Waals surface area contributed by atoms with Crippen LogP contribution >= 0.6 is 0 Å². The monoisotopic (exact) mass is 1310 g/mol. The van der Waals surface area contributed by atoms with Crippen molar-refractivity contribution in [3.8, 4) is 0 Å². The molecule has 0 unspecified atom stereocenters. The maximum Gasteiger partial charge on any atom is 0.345 e. The highest BCUT2D eigenvalue weighted by molar-refractivity contribution is 6.15. The lowest BCUT2D eigenvalue weighted by molar-refractivity contribution is -0.154. The van der Waals surface area contributed by atoms with Crippen molar-refractivity contribution >= 4 is 41.4 Å². The summed E-state index contributed by atoms with van der Waals surface area (Å²) in [6.07, 6.45) is 0.987. The van der Waals surface area contributed by atoms with Crippen LogP contribution in [0.25, 0.3) is 0 Å². The van der Waals surface area contributed by atoms with Gasteiger partial charge in [-0.15, -0.1) is 0 Å². The van der Waals surface area contributed by atoms with Crippen LogP contribution in [0.1, 0.15) is 127 Å². The quantitative estimate of drug-likeness (QED) is 0.0281. The molecule has 0 bridgehead atoms. The van der Waals surface area contributed by atoms with Crippen molar-refractivity contribution < 1.29 is 58.0 Å². The van der Waals surface area contributed by atoms with Crippen LogP contribution in [-0.4, -0.2) is 116 Å². The normalized spacial score (nSPS) is 10.3. The second kappa shape index (κ2) is 38.0. The van der Waals surface area contributed by atoms with Crippen molar-refractivity contribution in [3.05, 3.63) is 266 Å². The van der Waals surface area contributed by atoms with Gasteiger partial charge in [-0.25, -0.2) is 37.9 Å². The molecule has 0 amide bonds. The molecule has 5 aromatic carbocycles. The van der Waals surface area contributed by atoms with Gasteiger partial charge in [-0.1, -0.05) is 152 Å². The fraction of sp³-hybridized carbons (Fsp3) is 0.300. The van der Waals surface area contributed by atoms with Gasteiger partial charge in [0.25, 0.3) is 22.2 Å². The zero-order valence-electron chi connectivity index (χ0n) is 55.2. The zero-order chi connectivity index (χ0) is 70.5. The number of nitrogens with zero attached hydrogens (tertiary/aromatic N) is 6. The zero-order valence-corrected chi connectivity index (χ0v) is 55.2. The predicted molar refractivity (Wildman–Crippen MR) is 357 cm³/mol. The minimum atomic E-state index is -1.23. The number of carbonyl (C=O) groups is 7. The van der Waals surface area contributed by atoms with Gasteiger partial charge < -0.3 is 30.2 Å². The Morgan fingerprint density at radius 3 is 1.05 bits per heavy atom. The number of hydrogen-bond donors (Lipinski definition) is 5. The Morgan fingerprint density at radius 2 is 0.737 bits per heavy atom. The Bertz CT molecular complexity index is 4240. The predicted octanol–water partition coefficient (Wildman–Crippen LogP) is 7.43. The number of ketones is 2. The number of nitrogens with two attached hydrogens (primary N) is 1. The summed E-state index contributed by atoms with van der Waals surface area (Å²) in [5.41, 5.74) is 10.8. The number of H-pyrrole nitrogens is 2. The van der Waals surface area contributed by atoms with Crippen molar-refractivity contribution in [1.82, 2.24) is 38.3 Å². The van der Waals surface area contributed by atoms with Crippen molar-refractivity contribution in [2.24, 2.45) is 25.7 Å². The first-order chi connectivity index (χ1) is 45.2. The lowest BCUT2D eigenvalue weighted by Crippen LogP contribution is -2.30. The summed E-state index contributed by atoms with van der Waals surface area (Å²) < 4.78 is 23.3. The molecule has 9 rings (SSSR count). The van der Waals surface area contributed by atoms with Crippen molar-refractivity contribution in [2.45, 2.75) is 94.9 Å². The Morgan fingerprint density at radius 1 is 0.432 bits per heavy atom. The first kappa shape index (κ1) is 76.2. The minimum Gasteiger partial charge on any atom is -0.477 e. The second-order valence-corrected chi connectivity index (χ2v) is 21.1. The molecule has 0 aliphatic rings. The van der Waals surface area contributed by atoms with E-state index < -0.39 is 58.4 Å². The topological polar surface area (TPSA) is 343 Å². The molecule has 0 saturated carbocycles. The molecule has 0 aliphatic carbocycles. The number of Topliss-reactive ketones (excluding diaryl/α,β-unsaturated/α-hetero) is 2. The van der Waals surface area contributed by atoms with Gasteiger partial charge in [0.1, 0.15) is 22.3 Å². The van der Waals surface area contributed by atoms with Crippen LogP contribution in [0.5, 0.6) is 0 Å². The summed E-state index contributed by atoms with van der Waals surface area (Å²) in [7, 11) is 3.45. The van der Waals surface area contributed by atoms with Gasteiger partial charge >= 0.3 is 29.8 Å². The lowest BCUT2D eigenvalue weighted by atomic mass is 10.0. The van der Waals surface area contributed by atoms with Crippen LogP contribution in [0, 0.1) is 33.6 Å². The number of hydrogen-bond acceptors (Lipinski definition) is 15. The van der Waals surface area contributed by atoms with E-state index in [1.807, 2.05) is 140 Å². The van der Waals surface area contributed by atoms with Gasteiger partial charge in [-0.2, -0.15) is 0 Å². The van der Waals surface area contributed by atoms with E-state index in [4.69, 9.17) is 25.4 Å². The summed E-state index contributed by atoms with van der Waals surface area (Å²) in [6.45, 7) is 17.0. The molecule has 25 heteroatoms. The Balaban J connectivity index is 0.000000247. The van der Waals surface area contributed by atoms with Crippen LogP contribution in [0.3, 0.4) is 0 Å². The molecule has 25 nitrogen and oxygen atoms in total. The molecule has 504 valence electrons. The van der Waals surface area contributed by atoms with Gasteiger partial charge in [-0.05, 0) is 103 Å². The standard InChI is InChI=1S/C15H18N2O3.C14H16N2O3.C13H14N2O3.C12H12N2O3.C8H11N.C8H12O4/c1-4-20-15(19)13-11(2)16(3)17(14(13)18)10-12-8-6-5-7-9-12;1-3-19-14(18)12-10(2)15-16(13(12)17)9-11-7-5-4-6-8-11;1-9-11(13(17)18)12(16)15(14(9)2)8-10-6-4-3-5-7-10;1-8-10(12(16)17)11(15)14(13-8)7-9-5-3-2-4-6-9;9-7-6-8-4-2-1-3-5-8;1-4-12-8(11)7(5(2)9)6(3)10/h5-9H,4,10H2,1-3H3;4-8,15H,3,9H2,1-2H3;3-7H,8H2,1-2H3,(H,17,18);2-6,13H,7H2,1H3,(H,16,17);1-5H,6-7,9H2;7H,4H2,1-3H3. The molecular weight excluding hydrogens is 1220 g/mol. The molecule has 4 heterocycles. The number of carbonyl (C=O) groups excluding carboxylic acids is 5. The summed E-state index contributed by atoms with van der Waals surface area (Å²) in [5, 5.41) is 23.6. The van der Waals surface area contributed by atoms with Crippen LogP contribution in [0.4, 0.5) is 0 Å². The van der Waals surface area contributed by atoms with E-state index in [0.717, 1.165) is 35.2 Å². The molecule has 4 aromatic heterocycles. The number of esters is 3. The molecule has 95 heavy (non-hydrogen) atoms. The fourth-order valence-corrected chi connectivity index (χ4v) is 9.39. The SMILES string of the molecule is CCOC(=O)C(C(C)=O)C(C)=O.CCOC(=O)c1c(C)[nH]n(Cc2ccccc2)c1=O.CCOC(=O)c1c(C)n(C)n(Cc2ccccc2)c1=O.Cc1[nH]n(Cc2ccccc2)c(=O)c1C(=O)O.Cc1c(C(=O)O)c(=O)n(Cc2ccccc2)n1C.NCCc1ccccc1. The van der Waals surface area contributed by atoms with Crippen molar-refractivity contribution in [1.29, 1.82) is 0 Å². The Kier molecular flexibility index (Phi) is 30.5. The molecule has 0 spiro atoms. The van der Waals surface area contributed by atoms with E-state index in [1.165, 1.54) is 38.1 Å². The Labute approximate surface area is 548 Å². The third kappa shape index (κ3) is 22.0. The highest BCUT2D eigenvalue weighted by Gasteiger charge is 2.29. The molecule has 0 aliphatic heterocycles. The van der Waals surface area contributed by atoms with Crippen molar-refractivity contribution in [2.75, 3.05) is 26.4 Å². The number of aromatic amines is 2. The second-order valence-electron chi connectivity index (χ2n) is 21.1. The van der Waals surface area contributed by atoms with Crippen LogP contribution in [0.2, 0.25) is 0 Å². The average molecular weight is 1310 g/mol. The van der Waals surface area contributed by atoms with Gasteiger partial charge in [0.2, 0.25) is 0 Å². The third-order valence-corrected chi connectivity index (χ3v) is 14.3. The Hall–Kier alpha value is -11.2. The first-order valence-corrected chi connectivity index (χ1v) is 30.2. The number of carboxylic acids is 2. The van der Waals surface area contributed by atoms with E-state index in [2.05, 4.69) is 27.1 Å². The van der Waals surface area contributed by atoms with Gasteiger partial charge in [0, 0.05) is 25.5 Å². The van der Waals surface area contributed by atoms with Gasteiger partial charge in [-0.3, -0.25) is 53.1 Å². The summed E-state index contributed by atoms with van der Waals surface area (Å²) in [6, 6.07) is 48.3. The maximum atomic E-state index is 12.4. The average Bonchev–Trinajstić information content (AvgIpc) is 1.68. The van der Waals surface area contributed by atoms with Crippen LogP contribution in [0.15, 0.2) is 171 Å². The summed E-state index contributed by atoms with van der Waals surface area (Å²) >= 11 is 0. The van der Waals surface area contributed by atoms with E-state index in [9.17, 15) is 52.7 Å². The smallest absolute Gasteiger partial charge is 0.345 e. The lowest BCUT2D eigenvalue weighted by Gasteiger charge is -2.08.